The van der Waals surface area contributed by atoms with Crippen molar-refractivity contribution in [2.24, 2.45) is 17.3 Å². The van der Waals surface area contributed by atoms with Gasteiger partial charge in [-0.15, -0.1) is 0 Å². The second kappa shape index (κ2) is 13.1. The summed E-state index contributed by atoms with van der Waals surface area (Å²) in [6.45, 7) is 12.1. The van der Waals surface area contributed by atoms with Crippen molar-refractivity contribution in [3.8, 4) is 0 Å². The van der Waals surface area contributed by atoms with Crippen LogP contribution in [0.5, 0.6) is 0 Å². The fraction of sp³-hybridized carbons (Fsp3) is 0.742. The number of aliphatic hydroxyl groups is 2. The van der Waals surface area contributed by atoms with E-state index in [2.05, 4.69) is 0 Å². The average molecular weight is 579 g/mol. The summed E-state index contributed by atoms with van der Waals surface area (Å²) in [5, 5.41) is 24.3. The van der Waals surface area contributed by atoms with Crippen LogP contribution in [0.2, 0.25) is 0 Å². The third-order valence-electron chi connectivity index (χ3n) is 8.96. The molecule has 0 aromatic rings. The molecule has 0 aromatic carbocycles. The minimum atomic E-state index is -2.04. The molecule has 0 bridgehead atoms. The molecule has 1 saturated heterocycles. The first-order chi connectivity index (χ1) is 19.2. The highest BCUT2D eigenvalue weighted by molar-refractivity contribution is 5.77. The zero-order valence-corrected chi connectivity index (χ0v) is 25.3. The average Bonchev–Trinajstić information content (AvgIpc) is 3.12. The van der Waals surface area contributed by atoms with E-state index in [1.165, 1.54) is 6.92 Å². The first-order valence-electron chi connectivity index (χ1n) is 14.8. The van der Waals surface area contributed by atoms with Crippen LogP contribution in [-0.2, 0) is 38.1 Å². The van der Waals surface area contributed by atoms with Crippen molar-refractivity contribution in [3.05, 3.63) is 23.3 Å². The summed E-state index contributed by atoms with van der Waals surface area (Å²) in [5.41, 5.74) is -2.13. The largest absolute Gasteiger partial charge is 0.462 e. The molecule has 3 rings (SSSR count). The van der Waals surface area contributed by atoms with E-state index < -0.39 is 77.2 Å². The number of carbonyl (C=O) groups excluding carboxylic acids is 4. The maximum Gasteiger partial charge on any atom is 0.312 e. The Morgan fingerprint density at radius 2 is 1.61 bits per heavy atom. The van der Waals surface area contributed by atoms with E-state index in [9.17, 15) is 29.4 Å². The van der Waals surface area contributed by atoms with E-state index in [-0.39, 0.29) is 25.7 Å². The molecule has 10 nitrogen and oxygen atoms in total. The summed E-state index contributed by atoms with van der Waals surface area (Å²) >= 11 is 0. The van der Waals surface area contributed by atoms with Gasteiger partial charge in [-0.25, -0.2) is 0 Å². The van der Waals surface area contributed by atoms with Gasteiger partial charge in [0.1, 0.15) is 11.7 Å². The molecule has 0 saturated carbocycles. The smallest absolute Gasteiger partial charge is 0.312 e. The first kappa shape index (κ1) is 32.8. The predicted octanol–water partition coefficient (Wildman–Crippen LogP) is 3.71. The SMILES string of the molecule is CCCC(=O)OC1CCC(C)=CC2OC(=O)C(C)C2(O)C(O)C2C(C)=CC(OC(=O)CC)C(OC(=O)CCC)C12C. The van der Waals surface area contributed by atoms with Gasteiger partial charge >= 0.3 is 23.9 Å². The minimum absolute atomic E-state index is 0.0824. The molecule has 3 aliphatic rings. The summed E-state index contributed by atoms with van der Waals surface area (Å²) < 4.78 is 23.5. The van der Waals surface area contributed by atoms with Gasteiger partial charge < -0.3 is 29.2 Å². The second-order valence-corrected chi connectivity index (χ2v) is 11.9. The highest BCUT2D eigenvalue weighted by Crippen LogP contribution is 2.54. The molecular formula is C31H46O10. The van der Waals surface area contributed by atoms with E-state index in [1.807, 2.05) is 20.8 Å². The topological polar surface area (TPSA) is 146 Å². The molecule has 1 aliphatic heterocycles. The molecule has 41 heavy (non-hydrogen) atoms. The quantitative estimate of drug-likeness (QED) is 0.248. The molecule has 9 atom stereocenters. The summed E-state index contributed by atoms with van der Waals surface area (Å²) in [5.74, 6) is -4.21. The van der Waals surface area contributed by atoms with Gasteiger partial charge in [-0.3, -0.25) is 19.2 Å². The van der Waals surface area contributed by atoms with Crippen molar-refractivity contribution in [1.82, 2.24) is 0 Å². The van der Waals surface area contributed by atoms with E-state index in [0.29, 0.717) is 24.8 Å². The third kappa shape index (κ3) is 6.23. The Morgan fingerprint density at radius 1 is 1.00 bits per heavy atom. The van der Waals surface area contributed by atoms with Crippen molar-refractivity contribution in [2.75, 3.05) is 0 Å². The number of aliphatic hydroxyl groups excluding tert-OH is 1. The van der Waals surface area contributed by atoms with Crippen LogP contribution in [0.3, 0.4) is 0 Å². The first-order valence-corrected chi connectivity index (χ1v) is 14.8. The van der Waals surface area contributed by atoms with Crippen LogP contribution in [0.4, 0.5) is 0 Å². The van der Waals surface area contributed by atoms with Crippen LogP contribution in [0.15, 0.2) is 23.3 Å². The van der Waals surface area contributed by atoms with Crippen LogP contribution < -0.4 is 0 Å². The Balaban J connectivity index is 2.31. The van der Waals surface area contributed by atoms with Gasteiger partial charge in [0.2, 0.25) is 0 Å². The number of ether oxygens (including phenoxy) is 4. The number of fused-ring (bicyclic) bond motifs is 2. The molecule has 2 N–H and O–H groups in total. The van der Waals surface area contributed by atoms with Gasteiger partial charge in [-0.05, 0) is 58.6 Å². The summed E-state index contributed by atoms with van der Waals surface area (Å²) in [6.07, 6.45) is -0.489. The lowest BCUT2D eigenvalue weighted by Gasteiger charge is -2.55. The van der Waals surface area contributed by atoms with Gasteiger partial charge in [0.05, 0.1) is 17.4 Å². The van der Waals surface area contributed by atoms with Crippen LogP contribution in [-0.4, -0.2) is 70.2 Å². The van der Waals surface area contributed by atoms with Gasteiger partial charge in [0, 0.05) is 25.2 Å². The summed E-state index contributed by atoms with van der Waals surface area (Å²) in [4.78, 5) is 51.3. The van der Waals surface area contributed by atoms with Gasteiger partial charge in [-0.1, -0.05) is 38.8 Å². The maximum atomic E-state index is 13.0. The standard InChI is InChI=1S/C31H46O10/c1-8-11-24(33)39-21-14-13-17(4)15-22-31(37,19(6)29(36)40-22)27(35)26-18(5)16-20(38-23(32)10-3)28(30(21,26)7)41-25(34)12-9-2/h15-16,19-22,26-28,35,37H,8-14H2,1-7H3. The molecule has 10 heteroatoms. The maximum absolute atomic E-state index is 13.0. The fourth-order valence-electron chi connectivity index (χ4n) is 6.61. The minimum Gasteiger partial charge on any atom is -0.462 e. The van der Waals surface area contributed by atoms with E-state index in [1.54, 1.807) is 32.9 Å². The van der Waals surface area contributed by atoms with Gasteiger partial charge in [0.25, 0.3) is 0 Å². The highest BCUT2D eigenvalue weighted by atomic mass is 16.6. The summed E-state index contributed by atoms with van der Waals surface area (Å²) in [6, 6.07) is 0. The lowest BCUT2D eigenvalue weighted by molar-refractivity contribution is -0.222. The molecule has 1 heterocycles. The van der Waals surface area contributed by atoms with Crippen LogP contribution in [0.25, 0.3) is 0 Å². The fourth-order valence-corrected chi connectivity index (χ4v) is 6.61. The molecule has 0 amide bonds. The van der Waals surface area contributed by atoms with E-state index in [4.69, 9.17) is 18.9 Å². The molecule has 9 unspecified atom stereocenters. The Hall–Kier alpha value is -2.72. The number of rotatable bonds is 8. The molecule has 1 fully saturated rings. The predicted molar refractivity (Wildman–Crippen MR) is 148 cm³/mol. The summed E-state index contributed by atoms with van der Waals surface area (Å²) in [7, 11) is 0. The molecular weight excluding hydrogens is 532 g/mol. The van der Waals surface area contributed by atoms with E-state index in [0.717, 1.165) is 5.57 Å². The molecule has 0 aromatic heterocycles. The van der Waals surface area contributed by atoms with Crippen molar-refractivity contribution in [2.45, 2.75) is 130 Å². The van der Waals surface area contributed by atoms with Crippen LogP contribution >= 0.6 is 0 Å². The molecule has 2 aliphatic carbocycles. The second-order valence-electron chi connectivity index (χ2n) is 11.9. The normalized spacial score (nSPS) is 37.0. The van der Waals surface area contributed by atoms with Gasteiger partial charge in [0.15, 0.2) is 18.3 Å². The molecule has 0 radical (unpaired) electrons. The highest BCUT2D eigenvalue weighted by Gasteiger charge is 2.66. The lowest BCUT2D eigenvalue weighted by atomic mass is 9.55. The number of hydrogen-bond donors (Lipinski definition) is 2. The Kier molecular flexibility index (Phi) is 10.5. The lowest BCUT2D eigenvalue weighted by Crippen LogP contribution is -2.66. The number of esters is 4. The number of carbonyl (C=O) groups is 4. The Bertz CT molecular complexity index is 1080. The third-order valence-corrected chi connectivity index (χ3v) is 8.96. The van der Waals surface area contributed by atoms with Gasteiger partial charge in [-0.2, -0.15) is 0 Å². The zero-order valence-electron chi connectivity index (χ0n) is 25.3. The van der Waals surface area contributed by atoms with Crippen LogP contribution in [0, 0.1) is 17.3 Å². The Labute approximate surface area is 242 Å². The zero-order chi connectivity index (χ0) is 30.7. The van der Waals surface area contributed by atoms with E-state index >= 15 is 0 Å². The van der Waals surface area contributed by atoms with Crippen molar-refractivity contribution in [3.63, 3.8) is 0 Å². The number of allylic oxidation sites excluding steroid dienone is 1. The van der Waals surface area contributed by atoms with Crippen LogP contribution in [0.1, 0.15) is 93.4 Å². The Morgan fingerprint density at radius 3 is 2.20 bits per heavy atom. The number of hydrogen-bond acceptors (Lipinski definition) is 10. The monoisotopic (exact) mass is 578 g/mol. The van der Waals surface area contributed by atoms with Crippen molar-refractivity contribution < 1.29 is 48.3 Å². The molecule has 230 valence electrons. The van der Waals surface area contributed by atoms with Crippen molar-refractivity contribution in [1.29, 1.82) is 0 Å². The molecule has 0 spiro atoms. The van der Waals surface area contributed by atoms with Crippen molar-refractivity contribution >= 4 is 23.9 Å².